The summed E-state index contributed by atoms with van der Waals surface area (Å²) in [5.74, 6) is -0.777. The number of nitriles is 1. The first-order chi connectivity index (χ1) is 13.4. The van der Waals surface area contributed by atoms with Gasteiger partial charge in [0, 0.05) is 12.2 Å². The summed E-state index contributed by atoms with van der Waals surface area (Å²) in [6, 6.07) is 15.5. The molecule has 140 valence electrons. The van der Waals surface area contributed by atoms with Gasteiger partial charge in [-0.15, -0.1) is 0 Å². The lowest BCUT2D eigenvalue weighted by Gasteiger charge is -2.23. The zero-order chi connectivity index (χ0) is 19.9. The van der Waals surface area contributed by atoms with Gasteiger partial charge in [0.2, 0.25) is 5.91 Å². The molecule has 1 saturated heterocycles. The molecule has 0 bridgehead atoms. The van der Waals surface area contributed by atoms with Crippen LogP contribution in [0, 0.1) is 11.3 Å². The van der Waals surface area contributed by atoms with Gasteiger partial charge in [-0.25, -0.2) is 4.79 Å². The zero-order valence-corrected chi connectivity index (χ0v) is 15.3. The van der Waals surface area contributed by atoms with Crippen LogP contribution in [-0.4, -0.2) is 35.8 Å². The first-order valence-electron chi connectivity index (χ1n) is 8.97. The van der Waals surface area contributed by atoms with Crippen molar-refractivity contribution in [3.63, 3.8) is 0 Å². The molecule has 0 aliphatic carbocycles. The minimum absolute atomic E-state index is 0.294. The summed E-state index contributed by atoms with van der Waals surface area (Å²) in [6.45, 7) is 1.82. The third-order valence-electron chi connectivity index (χ3n) is 5.35. The monoisotopic (exact) mass is 374 g/mol. The lowest BCUT2D eigenvalue weighted by Crippen LogP contribution is -2.44. The third-order valence-corrected chi connectivity index (χ3v) is 5.35. The predicted octanol–water partition coefficient (Wildman–Crippen LogP) is 1.91. The number of urea groups is 1. The van der Waals surface area contributed by atoms with Crippen molar-refractivity contribution in [1.29, 1.82) is 5.26 Å². The van der Waals surface area contributed by atoms with Gasteiger partial charge >= 0.3 is 6.03 Å². The van der Waals surface area contributed by atoms with Crippen LogP contribution in [-0.2, 0) is 21.5 Å². The number of carbonyl (C=O) groups is 3. The molecule has 7 nitrogen and oxygen atoms in total. The molecule has 0 radical (unpaired) electrons. The number of hydrogen-bond donors (Lipinski definition) is 1. The van der Waals surface area contributed by atoms with Crippen LogP contribution in [0.4, 0.5) is 10.5 Å². The van der Waals surface area contributed by atoms with Crippen LogP contribution < -0.4 is 10.2 Å². The molecule has 1 fully saturated rings. The highest BCUT2D eigenvalue weighted by molar-refractivity contribution is 6.10. The fraction of sp³-hybridized carbons (Fsp3) is 0.238. The van der Waals surface area contributed by atoms with Gasteiger partial charge in [-0.2, -0.15) is 5.26 Å². The van der Waals surface area contributed by atoms with Crippen LogP contribution in [0.2, 0.25) is 0 Å². The molecule has 2 aromatic rings. The van der Waals surface area contributed by atoms with Crippen molar-refractivity contribution in [2.75, 3.05) is 18.0 Å². The van der Waals surface area contributed by atoms with Gasteiger partial charge in [0.25, 0.3) is 5.91 Å². The second-order valence-corrected chi connectivity index (χ2v) is 7.06. The number of rotatable bonds is 3. The maximum absolute atomic E-state index is 13.0. The Hall–Kier alpha value is -3.66. The van der Waals surface area contributed by atoms with Crippen molar-refractivity contribution in [3.8, 4) is 6.07 Å². The summed E-state index contributed by atoms with van der Waals surface area (Å²) in [5, 5.41) is 11.6. The van der Waals surface area contributed by atoms with Crippen LogP contribution in [0.15, 0.2) is 48.5 Å². The normalized spacial score (nSPS) is 20.7. The van der Waals surface area contributed by atoms with E-state index in [1.54, 1.807) is 36.1 Å². The van der Waals surface area contributed by atoms with Gasteiger partial charge in [0.1, 0.15) is 12.1 Å². The molecule has 0 aromatic heterocycles. The molecule has 0 saturated carbocycles. The van der Waals surface area contributed by atoms with Crippen LogP contribution in [0.25, 0.3) is 0 Å². The minimum Gasteiger partial charge on any atom is -0.319 e. The number of nitrogens with one attached hydrogen (secondary N) is 1. The molecule has 7 heteroatoms. The van der Waals surface area contributed by atoms with Gasteiger partial charge in [-0.1, -0.05) is 30.3 Å². The number of amides is 4. The van der Waals surface area contributed by atoms with E-state index in [1.165, 1.54) is 0 Å². The molecule has 2 aliphatic heterocycles. The van der Waals surface area contributed by atoms with E-state index < -0.39 is 17.5 Å². The van der Waals surface area contributed by atoms with Crippen LogP contribution in [0.1, 0.15) is 23.6 Å². The summed E-state index contributed by atoms with van der Waals surface area (Å²) < 4.78 is 0. The summed E-state index contributed by atoms with van der Waals surface area (Å²) >= 11 is 0. The Balaban J connectivity index is 1.55. The molecular weight excluding hydrogens is 356 g/mol. The van der Waals surface area contributed by atoms with Gasteiger partial charge < -0.3 is 10.2 Å². The fourth-order valence-electron chi connectivity index (χ4n) is 3.73. The van der Waals surface area contributed by atoms with Crippen LogP contribution in [0.5, 0.6) is 0 Å². The fourth-order valence-corrected chi connectivity index (χ4v) is 3.73. The number of benzene rings is 2. The number of hydrogen-bond acceptors (Lipinski definition) is 4. The first-order valence-corrected chi connectivity index (χ1v) is 8.97. The highest BCUT2D eigenvalue weighted by atomic mass is 16.2. The summed E-state index contributed by atoms with van der Waals surface area (Å²) in [7, 11) is 0. The zero-order valence-electron chi connectivity index (χ0n) is 15.3. The molecule has 1 atom stereocenters. The van der Waals surface area contributed by atoms with Crippen molar-refractivity contribution >= 4 is 23.5 Å². The Labute approximate surface area is 162 Å². The molecule has 2 aromatic carbocycles. The SMILES string of the molecule is CC1(c2ccc(C#N)cc2)NC(=O)N(CC(=O)N2CCc3ccccc32)C1=O. The quantitative estimate of drug-likeness (QED) is 0.831. The lowest BCUT2D eigenvalue weighted by molar-refractivity contribution is -0.134. The number of nitrogens with zero attached hydrogens (tertiary/aromatic N) is 3. The number of fused-ring (bicyclic) bond motifs is 1. The third kappa shape index (κ3) is 2.70. The first kappa shape index (κ1) is 17.7. The highest BCUT2D eigenvalue weighted by Crippen LogP contribution is 2.31. The summed E-state index contributed by atoms with van der Waals surface area (Å²) in [4.78, 5) is 40.8. The molecule has 1 N–H and O–H groups in total. The van der Waals surface area contributed by atoms with E-state index in [4.69, 9.17) is 5.26 Å². The minimum atomic E-state index is -1.27. The molecular formula is C21H18N4O3. The number of imide groups is 1. The van der Waals surface area contributed by atoms with E-state index in [1.807, 2.05) is 30.3 Å². The van der Waals surface area contributed by atoms with Gasteiger partial charge in [0.15, 0.2) is 0 Å². The van der Waals surface area contributed by atoms with Crippen LogP contribution in [0.3, 0.4) is 0 Å². The lowest BCUT2D eigenvalue weighted by atomic mass is 9.91. The maximum Gasteiger partial charge on any atom is 0.325 e. The van der Waals surface area contributed by atoms with Crippen molar-refractivity contribution in [1.82, 2.24) is 10.2 Å². The Morgan fingerprint density at radius 3 is 2.61 bits per heavy atom. The molecule has 28 heavy (non-hydrogen) atoms. The van der Waals surface area contributed by atoms with E-state index in [0.29, 0.717) is 17.7 Å². The Kier molecular flexibility index (Phi) is 4.12. The number of para-hydroxylation sites is 1. The molecule has 2 heterocycles. The molecule has 4 rings (SSSR count). The van der Waals surface area contributed by atoms with Gasteiger partial charge in [0.05, 0.1) is 11.6 Å². The largest absolute Gasteiger partial charge is 0.325 e. The van der Waals surface area contributed by atoms with E-state index in [2.05, 4.69) is 5.32 Å². The molecule has 2 aliphatic rings. The Morgan fingerprint density at radius 2 is 1.89 bits per heavy atom. The van der Waals surface area contributed by atoms with E-state index in [9.17, 15) is 14.4 Å². The number of carbonyl (C=O) groups excluding carboxylic acids is 3. The molecule has 4 amide bonds. The van der Waals surface area contributed by atoms with Crippen molar-refractivity contribution in [2.24, 2.45) is 0 Å². The molecule has 0 spiro atoms. The second-order valence-electron chi connectivity index (χ2n) is 7.06. The highest BCUT2D eigenvalue weighted by Gasteiger charge is 2.49. The Morgan fingerprint density at radius 1 is 1.18 bits per heavy atom. The average molecular weight is 374 g/mol. The predicted molar refractivity (Wildman–Crippen MR) is 101 cm³/mol. The topological polar surface area (TPSA) is 93.5 Å². The smallest absolute Gasteiger partial charge is 0.319 e. The molecule has 1 unspecified atom stereocenters. The Bertz CT molecular complexity index is 1020. The standard InChI is InChI=1S/C21H18N4O3/c1-21(16-8-6-14(12-22)7-9-16)19(27)25(20(28)23-21)13-18(26)24-11-10-15-4-2-3-5-17(15)24/h2-9H,10-11,13H2,1H3,(H,23,28). The van der Waals surface area contributed by atoms with Crippen molar-refractivity contribution in [3.05, 3.63) is 65.2 Å². The summed E-state index contributed by atoms with van der Waals surface area (Å²) in [5.41, 5.74) is 1.66. The van der Waals surface area contributed by atoms with Gasteiger partial charge in [-0.05, 0) is 42.7 Å². The van der Waals surface area contributed by atoms with E-state index in [-0.39, 0.29) is 12.5 Å². The van der Waals surface area contributed by atoms with Crippen molar-refractivity contribution < 1.29 is 14.4 Å². The average Bonchev–Trinajstić information content (AvgIpc) is 3.23. The second kappa shape index (κ2) is 6.50. The number of anilines is 1. The van der Waals surface area contributed by atoms with Crippen molar-refractivity contribution in [2.45, 2.75) is 18.9 Å². The maximum atomic E-state index is 13.0. The van der Waals surface area contributed by atoms with E-state index >= 15 is 0 Å². The van der Waals surface area contributed by atoms with Crippen LogP contribution >= 0.6 is 0 Å². The van der Waals surface area contributed by atoms with Gasteiger partial charge in [-0.3, -0.25) is 14.5 Å². The van der Waals surface area contributed by atoms with E-state index in [0.717, 1.165) is 22.6 Å². The summed E-state index contributed by atoms with van der Waals surface area (Å²) in [6.07, 6.45) is 0.755.